The van der Waals surface area contributed by atoms with E-state index in [4.69, 9.17) is 22.1 Å². The summed E-state index contributed by atoms with van der Waals surface area (Å²) >= 11 is 5.87. The van der Waals surface area contributed by atoms with E-state index in [2.05, 4.69) is 0 Å². The molecule has 0 unspecified atom stereocenters. The second kappa shape index (κ2) is 7.40. The first-order valence-electron chi connectivity index (χ1n) is 6.43. The van der Waals surface area contributed by atoms with Crippen LogP contribution in [0, 0.1) is 11.7 Å². The molecule has 0 spiro atoms. The zero-order chi connectivity index (χ0) is 16.2. The van der Waals surface area contributed by atoms with Crippen LogP contribution in [0.1, 0.15) is 13.8 Å². The van der Waals surface area contributed by atoms with Crippen LogP contribution in [0.3, 0.4) is 0 Å². The molecule has 0 aliphatic heterocycles. The number of anilines is 1. The van der Waals surface area contributed by atoms with Gasteiger partial charge in [0.2, 0.25) is 10.0 Å². The van der Waals surface area contributed by atoms with Crippen LogP contribution < -0.4 is 5.73 Å². The average Bonchev–Trinajstić information content (AvgIpc) is 2.38. The normalized spacial score (nSPS) is 12.3. The fourth-order valence-corrected chi connectivity index (χ4v) is 3.90. The van der Waals surface area contributed by atoms with Crippen molar-refractivity contribution < 1.29 is 17.5 Å². The second-order valence-electron chi connectivity index (χ2n) is 5.05. The third-order valence-corrected chi connectivity index (χ3v) is 5.11. The summed E-state index contributed by atoms with van der Waals surface area (Å²) in [7, 11) is -2.37. The van der Waals surface area contributed by atoms with E-state index in [9.17, 15) is 12.8 Å². The molecule has 120 valence electrons. The molecule has 0 aliphatic carbocycles. The van der Waals surface area contributed by atoms with E-state index in [1.54, 1.807) is 0 Å². The number of ether oxygens (including phenoxy) is 1. The Morgan fingerprint density at radius 3 is 2.57 bits per heavy atom. The van der Waals surface area contributed by atoms with Crippen LogP contribution in [0.25, 0.3) is 0 Å². The van der Waals surface area contributed by atoms with Crippen molar-refractivity contribution >= 4 is 27.3 Å². The van der Waals surface area contributed by atoms with Gasteiger partial charge in [-0.25, -0.2) is 12.8 Å². The maximum absolute atomic E-state index is 13.3. The minimum Gasteiger partial charge on any atom is -0.396 e. The van der Waals surface area contributed by atoms with Gasteiger partial charge in [0.25, 0.3) is 0 Å². The minimum absolute atomic E-state index is 0.119. The lowest BCUT2D eigenvalue weighted by molar-refractivity contribution is 0.175. The van der Waals surface area contributed by atoms with E-state index >= 15 is 0 Å². The van der Waals surface area contributed by atoms with Crippen LogP contribution in [0.4, 0.5) is 10.1 Å². The first-order chi connectivity index (χ1) is 9.70. The van der Waals surface area contributed by atoms with Crippen molar-refractivity contribution in [3.63, 3.8) is 0 Å². The van der Waals surface area contributed by atoms with Gasteiger partial charge in [0, 0.05) is 20.2 Å². The fourth-order valence-electron chi connectivity index (χ4n) is 1.79. The maximum Gasteiger partial charge on any atom is 0.244 e. The standard InChI is InChI=1S/C13H20ClFN2O3S/c1-9(2)8-17(4-5-20-3)21(18,19)13-7-12(16)11(15)6-10(13)14/h6-7,9H,4-5,8,16H2,1-3H3. The SMILES string of the molecule is COCCN(CC(C)C)S(=O)(=O)c1cc(N)c(F)cc1Cl. The predicted molar refractivity (Wildman–Crippen MR) is 81.3 cm³/mol. The Hall–Kier alpha value is -0.890. The highest BCUT2D eigenvalue weighted by molar-refractivity contribution is 7.89. The van der Waals surface area contributed by atoms with Gasteiger partial charge in [-0.1, -0.05) is 25.4 Å². The molecule has 0 saturated heterocycles. The Morgan fingerprint density at radius 1 is 1.43 bits per heavy atom. The van der Waals surface area contributed by atoms with Gasteiger partial charge in [-0.2, -0.15) is 4.31 Å². The summed E-state index contributed by atoms with van der Waals surface area (Å²) in [6, 6.07) is 1.96. The number of halogens is 2. The van der Waals surface area contributed by atoms with Gasteiger partial charge in [0.15, 0.2) is 0 Å². The molecule has 0 saturated carbocycles. The molecule has 1 aromatic rings. The molecule has 0 radical (unpaired) electrons. The number of rotatable bonds is 7. The molecule has 21 heavy (non-hydrogen) atoms. The number of methoxy groups -OCH3 is 1. The highest BCUT2D eigenvalue weighted by Gasteiger charge is 2.28. The van der Waals surface area contributed by atoms with Crippen molar-refractivity contribution in [3.05, 3.63) is 23.0 Å². The van der Waals surface area contributed by atoms with Crippen molar-refractivity contribution in [1.82, 2.24) is 4.31 Å². The smallest absolute Gasteiger partial charge is 0.244 e. The van der Waals surface area contributed by atoms with Gasteiger partial charge in [0.1, 0.15) is 10.7 Å². The van der Waals surface area contributed by atoms with Crippen LogP contribution in [-0.4, -0.2) is 39.5 Å². The molecular weight excluding hydrogens is 319 g/mol. The highest BCUT2D eigenvalue weighted by Crippen LogP contribution is 2.29. The molecule has 1 aromatic carbocycles. The number of nitrogen functional groups attached to an aromatic ring is 1. The summed E-state index contributed by atoms with van der Waals surface area (Å²) in [6.45, 7) is 4.54. The number of benzene rings is 1. The topological polar surface area (TPSA) is 72.6 Å². The summed E-state index contributed by atoms with van der Waals surface area (Å²) in [4.78, 5) is -0.195. The molecule has 0 atom stereocenters. The summed E-state index contributed by atoms with van der Waals surface area (Å²) in [5.41, 5.74) is 5.19. The summed E-state index contributed by atoms with van der Waals surface area (Å²) in [5, 5.41) is -0.187. The van der Waals surface area contributed by atoms with E-state index in [1.165, 1.54) is 11.4 Å². The summed E-state index contributed by atoms with van der Waals surface area (Å²) in [5.74, 6) is -0.626. The molecule has 0 bridgehead atoms. The fraction of sp³-hybridized carbons (Fsp3) is 0.538. The van der Waals surface area contributed by atoms with Gasteiger partial charge in [-0.15, -0.1) is 0 Å². The van der Waals surface area contributed by atoms with Crippen molar-refractivity contribution in [2.45, 2.75) is 18.7 Å². The van der Waals surface area contributed by atoms with E-state index in [-0.39, 0.29) is 34.7 Å². The highest BCUT2D eigenvalue weighted by atomic mass is 35.5. The Labute approximate surface area is 129 Å². The maximum atomic E-state index is 13.3. The molecular formula is C13H20ClFN2O3S. The second-order valence-corrected chi connectivity index (χ2v) is 7.37. The lowest BCUT2D eigenvalue weighted by atomic mass is 10.2. The third-order valence-electron chi connectivity index (χ3n) is 2.78. The average molecular weight is 339 g/mol. The Bertz CT molecular complexity index is 593. The van der Waals surface area contributed by atoms with Crippen LogP contribution in [0.15, 0.2) is 17.0 Å². The van der Waals surface area contributed by atoms with Gasteiger partial charge in [0.05, 0.1) is 17.3 Å². The van der Waals surface area contributed by atoms with Crippen LogP contribution >= 0.6 is 11.6 Å². The van der Waals surface area contributed by atoms with E-state index in [0.717, 1.165) is 12.1 Å². The van der Waals surface area contributed by atoms with Crippen molar-refractivity contribution in [1.29, 1.82) is 0 Å². The van der Waals surface area contributed by atoms with Crippen LogP contribution in [0.5, 0.6) is 0 Å². The molecule has 0 aliphatic rings. The molecule has 0 amide bonds. The Morgan fingerprint density at radius 2 is 2.05 bits per heavy atom. The largest absolute Gasteiger partial charge is 0.396 e. The van der Waals surface area contributed by atoms with Gasteiger partial charge in [-0.05, 0) is 18.1 Å². The number of hydrogen-bond donors (Lipinski definition) is 1. The molecule has 0 fully saturated rings. The third kappa shape index (κ3) is 4.54. The van der Waals surface area contributed by atoms with Crippen molar-refractivity contribution in [2.75, 3.05) is 32.5 Å². The summed E-state index contributed by atoms with van der Waals surface area (Å²) in [6.07, 6.45) is 0. The Balaban J connectivity index is 3.24. The zero-order valence-electron chi connectivity index (χ0n) is 12.3. The van der Waals surface area contributed by atoms with Crippen LogP contribution in [0.2, 0.25) is 5.02 Å². The molecule has 8 heteroatoms. The lowest BCUT2D eigenvalue weighted by Crippen LogP contribution is -2.37. The number of nitrogens with zero attached hydrogens (tertiary/aromatic N) is 1. The molecule has 5 nitrogen and oxygen atoms in total. The quantitative estimate of drug-likeness (QED) is 0.775. The van der Waals surface area contributed by atoms with Gasteiger partial charge < -0.3 is 10.5 Å². The Kier molecular flexibility index (Phi) is 6.40. The van der Waals surface area contributed by atoms with Gasteiger partial charge in [-0.3, -0.25) is 0 Å². The first-order valence-corrected chi connectivity index (χ1v) is 8.25. The first kappa shape index (κ1) is 18.2. The lowest BCUT2D eigenvalue weighted by Gasteiger charge is -2.24. The van der Waals surface area contributed by atoms with Crippen molar-refractivity contribution in [3.8, 4) is 0 Å². The number of sulfonamides is 1. The zero-order valence-corrected chi connectivity index (χ0v) is 13.8. The van der Waals surface area contributed by atoms with Crippen LogP contribution in [-0.2, 0) is 14.8 Å². The van der Waals surface area contributed by atoms with E-state index in [0.29, 0.717) is 6.54 Å². The minimum atomic E-state index is -3.86. The molecule has 0 heterocycles. The van der Waals surface area contributed by atoms with Gasteiger partial charge >= 0.3 is 0 Å². The molecule has 1 rings (SSSR count). The van der Waals surface area contributed by atoms with Crippen molar-refractivity contribution in [2.24, 2.45) is 5.92 Å². The van der Waals surface area contributed by atoms with E-state index < -0.39 is 15.8 Å². The monoisotopic (exact) mass is 338 g/mol. The summed E-state index contributed by atoms with van der Waals surface area (Å²) < 4.78 is 44.9. The number of hydrogen-bond acceptors (Lipinski definition) is 4. The number of nitrogens with two attached hydrogens (primary N) is 1. The molecule has 0 aromatic heterocycles. The van der Waals surface area contributed by atoms with E-state index in [1.807, 2.05) is 13.8 Å². The predicted octanol–water partition coefficient (Wildman–Crippen LogP) is 2.35. The molecule has 2 N–H and O–H groups in total.